The highest BCUT2D eigenvalue weighted by Gasteiger charge is 2.47. The Morgan fingerprint density at radius 2 is 0.547 bits per heavy atom. The molecule has 0 radical (unpaired) electrons. The van der Waals surface area contributed by atoms with Gasteiger partial charge in [0.25, 0.3) is 0 Å². The van der Waals surface area contributed by atoms with Crippen LogP contribution in [0.3, 0.4) is 0 Å². The molecule has 0 bridgehead atoms. The number of aliphatic hydroxyl groups excluding tert-OH is 3. The summed E-state index contributed by atoms with van der Waals surface area (Å²) in [6, 6.07) is 4.64. The minimum Gasteiger partial charge on any atom is -0.396 e. The van der Waals surface area contributed by atoms with Gasteiger partial charge >= 0.3 is 30.6 Å². The molecule has 0 aliphatic rings. The van der Waals surface area contributed by atoms with E-state index in [1.807, 2.05) is 104 Å². The maximum Gasteiger partial charge on any atom is 0.647 e. The van der Waals surface area contributed by atoms with Crippen LogP contribution in [0.5, 0.6) is 17.2 Å². The van der Waals surface area contributed by atoms with Gasteiger partial charge in [-0.25, -0.2) is 0 Å². The van der Waals surface area contributed by atoms with Crippen LogP contribution in [-0.2, 0) is 80.9 Å². The molecule has 494 valence electrons. The Hall–Kier alpha value is -2.38. The van der Waals surface area contributed by atoms with Gasteiger partial charge in [0.1, 0.15) is 17.2 Å². The zero-order valence-electron chi connectivity index (χ0n) is 57.7. The molecule has 3 aromatic carbocycles. The van der Waals surface area contributed by atoms with Crippen molar-refractivity contribution < 1.29 is 74.3 Å². The summed E-state index contributed by atoms with van der Waals surface area (Å²) < 4.78 is 125. The predicted octanol–water partition coefficient (Wildman–Crippen LogP) is 16.8. The maximum absolute atomic E-state index is 17.7. The zero-order valence-corrected chi connectivity index (χ0v) is 61.3. The molecule has 0 aromatic heterocycles. The quantitative estimate of drug-likeness (QED) is 0.0462. The van der Waals surface area contributed by atoms with E-state index in [2.05, 4.69) is 0 Å². The Morgan fingerprint density at radius 3 is 0.698 bits per heavy atom. The number of rotatable bonds is 36. The molecule has 3 N–H and O–H groups in total. The van der Waals surface area contributed by atoms with Gasteiger partial charge in [0.05, 0.1) is 52.5 Å². The molecule has 0 saturated heterocycles. The lowest BCUT2D eigenvalue weighted by molar-refractivity contribution is 0.148. The third kappa shape index (κ3) is 20.1. The molecule has 0 saturated carbocycles. The highest BCUT2D eigenvalue weighted by Crippen LogP contribution is 2.61. The van der Waals surface area contributed by atoms with E-state index in [0.29, 0.717) is 69.3 Å². The third-order valence-electron chi connectivity index (χ3n) is 14.6. The van der Waals surface area contributed by atoms with Crippen molar-refractivity contribution in [3.05, 3.63) is 68.3 Å². The van der Waals surface area contributed by atoms with Crippen LogP contribution in [-0.4, -0.2) is 71.8 Å². The summed E-state index contributed by atoms with van der Waals surface area (Å²) in [7, 11) is -18.4. The molecule has 0 amide bonds. The Morgan fingerprint density at radius 1 is 0.360 bits per heavy atom. The van der Waals surface area contributed by atoms with Gasteiger partial charge in [-0.15, -0.1) is 0 Å². The Bertz CT molecular complexity index is 2590. The summed E-state index contributed by atoms with van der Waals surface area (Å²) in [5.41, 5.74) is 2.46. The fourth-order valence-electron chi connectivity index (χ4n) is 11.6. The average Bonchev–Trinajstić information content (AvgIpc) is 0.773. The van der Waals surface area contributed by atoms with Gasteiger partial charge in [-0.1, -0.05) is 83.1 Å². The molecule has 86 heavy (non-hydrogen) atoms. The molecule has 0 fully saturated rings. The van der Waals surface area contributed by atoms with Crippen LogP contribution < -0.4 is 29.5 Å². The van der Waals surface area contributed by atoms with Crippen LogP contribution in [0.4, 0.5) is 0 Å². The molecule has 3 rings (SSSR count). The van der Waals surface area contributed by atoms with Gasteiger partial charge in [-0.3, -0.25) is 13.7 Å². The van der Waals surface area contributed by atoms with Crippen molar-refractivity contribution >= 4 is 46.5 Å². The first-order valence-electron chi connectivity index (χ1n) is 31.2. The second-order valence-corrected chi connectivity index (χ2v) is 35.3. The van der Waals surface area contributed by atoms with Gasteiger partial charge in [-0.2, -0.15) is 4.57 Å². The highest BCUT2D eigenvalue weighted by molar-refractivity contribution is 7.63. The fraction of sp³-hybridized carbons (Fsp3) is 0.727. The van der Waals surface area contributed by atoms with E-state index in [4.69, 9.17) is 40.7 Å². The van der Waals surface area contributed by atoms with E-state index in [1.165, 1.54) is 0 Å². The van der Waals surface area contributed by atoms with Gasteiger partial charge in [-0.05, 0) is 228 Å². The Balaban J connectivity index is 3.09. The Kier molecular flexibility index (Phi) is 28.3. The minimum atomic E-state index is -5.50. The van der Waals surface area contributed by atoms with Crippen LogP contribution in [0, 0.1) is 38.5 Å². The minimum absolute atomic E-state index is 0.0246. The molecular formula is C66H114O16P4. The van der Waals surface area contributed by atoms with E-state index in [0.717, 1.165) is 0 Å². The molecule has 16 nitrogen and oxygen atoms in total. The summed E-state index contributed by atoms with van der Waals surface area (Å²) in [6.45, 7) is 49.9. The van der Waals surface area contributed by atoms with Crippen molar-refractivity contribution in [1.82, 2.24) is 0 Å². The number of hydrogen-bond donors (Lipinski definition) is 3. The van der Waals surface area contributed by atoms with Crippen molar-refractivity contribution in [2.45, 2.75) is 278 Å². The van der Waals surface area contributed by atoms with Crippen molar-refractivity contribution in [1.29, 1.82) is 0 Å². The standard InChI is InChI=1S/C66H114O16P4/c1-40(2)34-52-49(19)61(64(22,23)28-31-67)55(37-58(52)83(70,74-43(7)8)75-44(9)10)80-86(73,81-56-38-59(84(71,76-45(11)12)77-46(13)14)53(35-41(3)4)50(20)62(56)65(24,25)29-32-68)82-57-39-60(85(72,78-47(15)16)79-48(17)18)54(36-42(5)6)51(21)63(57)66(26,27)30-33-69/h37-48,67-69H,28-36H2,1-27H3. The molecule has 0 heterocycles. The van der Waals surface area contributed by atoms with E-state index < -0.39 is 83.5 Å². The maximum atomic E-state index is 17.7. The first-order chi connectivity index (χ1) is 39.3. The van der Waals surface area contributed by atoms with Crippen LogP contribution in [0.1, 0.15) is 236 Å². The van der Waals surface area contributed by atoms with E-state index in [9.17, 15) is 15.3 Å². The first-order valence-corrected chi connectivity index (χ1v) is 37.3. The summed E-state index contributed by atoms with van der Waals surface area (Å²) in [5, 5.41) is 33.0. The lowest BCUT2D eigenvalue weighted by atomic mass is 9.77. The van der Waals surface area contributed by atoms with E-state index in [-0.39, 0.29) is 90.0 Å². The SMILES string of the molecule is Cc1c(CC(C)C)c(P(=O)(OC(C)C)OC(C)C)cc(OP(=O)(Oc2cc(P(=O)(OC(C)C)OC(C)C)c(CC(C)C)c(C)c2C(C)(C)CCO)Oc2cc(P(=O)(OC(C)C)OC(C)C)c(CC(C)C)c(C)c2C(C)(C)CCO)c1C(C)(C)CCO. The van der Waals surface area contributed by atoms with Crippen LogP contribution >= 0.6 is 30.6 Å². The topological polar surface area (TPSA) is 212 Å². The summed E-state index contributed by atoms with van der Waals surface area (Å²) in [6.07, 6.45) is -1.68. The van der Waals surface area contributed by atoms with Crippen LogP contribution in [0.2, 0.25) is 0 Å². The number of aliphatic hydroxyl groups is 3. The number of benzene rings is 3. The molecular weight excluding hydrogens is 1170 g/mol. The molecule has 20 heteroatoms. The zero-order chi connectivity index (χ0) is 66.2. The largest absolute Gasteiger partial charge is 0.647 e. The van der Waals surface area contributed by atoms with Gasteiger partial charge in [0.2, 0.25) is 0 Å². The Labute approximate surface area is 519 Å². The third-order valence-corrected chi connectivity index (χ3v) is 23.1. The second-order valence-electron chi connectivity index (χ2n) is 28.1. The van der Waals surface area contributed by atoms with Crippen molar-refractivity contribution in [2.24, 2.45) is 17.8 Å². The summed E-state index contributed by atoms with van der Waals surface area (Å²) in [4.78, 5) is 0. The molecule has 0 spiro atoms. The molecule has 0 atom stereocenters. The van der Waals surface area contributed by atoms with Gasteiger partial charge in [0.15, 0.2) is 0 Å². The normalized spacial score (nSPS) is 13.7. The van der Waals surface area contributed by atoms with Crippen LogP contribution in [0.15, 0.2) is 18.2 Å². The molecule has 3 aromatic rings. The highest BCUT2D eigenvalue weighted by atomic mass is 31.2. The van der Waals surface area contributed by atoms with Gasteiger partial charge < -0.3 is 56.0 Å². The first kappa shape index (κ1) is 77.9. The summed E-state index contributed by atoms with van der Waals surface area (Å²) >= 11 is 0. The van der Waals surface area contributed by atoms with Crippen molar-refractivity contribution in [3.63, 3.8) is 0 Å². The average molecular weight is 1290 g/mol. The smallest absolute Gasteiger partial charge is 0.396 e. The molecule has 0 aliphatic carbocycles. The predicted molar refractivity (Wildman–Crippen MR) is 352 cm³/mol. The number of phosphoric acid groups is 1. The number of phosphoric ester groups is 1. The molecule has 0 aliphatic heterocycles. The second kappa shape index (κ2) is 31.3. The monoisotopic (exact) mass is 1290 g/mol. The van der Waals surface area contributed by atoms with Gasteiger partial charge in [0, 0.05) is 36.5 Å². The van der Waals surface area contributed by atoms with E-state index in [1.54, 1.807) is 101 Å². The fourth-order valence-corrected chi connectivity index (χ4v) is 19.6. The van der Waals surface area contributed by atoms with Crippen molar-refractivity contribution in [2.75, 3.05) is 19.8 Å². The van der Waals surface area contributed by atoms with E-state index >= 15 is 18.3 Å². The lowest BCUT2D eigenvalue weighted by Crippen LogP contribution is -2.30. The van der Waals surface area contributed by atoms with Crippen LogP contribution in [0.25, 0.3) is 0 Å². The summed E-state index contributed by atoms with van der Waals surface area (Å²) in [5.74, 6) is -0.191. The lowest BCUT2D eigenvalue weighted by Gasteiger charge is -2.36. The molecule has 0 unspecified atom stereocenters. The van der Waals surface area contributed by atoms with Crippen molar-refractivity contribution in [3.8, 4) is 17.2 Å². The number of hydrogen-bond acceptors (Lipinski definition) is 16.